The Hall–Kier alpha value is -0.144. The molecule has 0 aliphatic rings. The van der Waals surface area contributed by atoms with Crippen LogP contribution >= 0.6 is 0 Å². The van der Waals surface area contributed by atoms with Crippen LogP contribution in [0.4, 0.5) is 0 Å². The van der Waals surface area contributed by atoms with Crippen LogP contribution in [0.1, 0.15) is 5.56 Å². The van der Waals surface area contributed by atoms with Crippen molar-refractivity contribution in [1.82, 2.24) is 0 Å². The Balaban J connectivity index is 0. The van der Waals surface area contributed by atoms with Crippen molar-refractivity contribution in [2.75, 3.05) is 0 Å². The molecule has 4 nitrogen and oxygen atoms in total. The first-order valence-electron chi connectivity index (χ1n) is 3.11. The number of hydrogen-bond donors (Lipinski definition) is 2. The Morgan fingerprint density at radius 3 is 1.54 bits per heavy atom. The molecule has 0 spiro atoms. The van der Waals surface area contributed by atoms with Gasteiger partial charge in [0.2, 0.25) is 0 Å². The SMILES string of the molecule is Cc1ccccc1.O=S(=O)(O)O.[MgH2]. The van der Waals surface area contributed by atoms with Gasteiger partial charge in [-0.05, 0) is 6.92 Å². The van der Waals surface area contributed by atoms with Gasteiger partial charge in [0.15, 0.2) is 0 Å². The van der Waals surface area contributed by atoms with Gasteiger partial charge in [-0.25, -0.2) is 0 Å². The van der Waals surface area contributed by atoms with Gasteiger partial charge in [0.1, 0.15) is 0 Å². The van der Waals surface area contributed by atoms with Crippen molar-refractivity contribution < 1.29 is 17.5 Å². The van der Waals surface area contributed by atoms with Crippen molar-refractivity contribution in [3.63, 3.8) is 0 Å². The Morgan fingerprint density at radius 1 is 1.08 bits per heavy atom. The van der Waals surface area contributed by atoms with Crippen LogP contribution < -0.4 is 0 Å². The van der Waals surface area contributed by atoms with E-state index in [1.807, 2.05) is 18.2 Å². The van der Waals surface area contributed by atoms with Gasteiger partial charge in [-0.3, -0.25) is 9.11 Å². The fraction of sp³-hybridized carbons (Fsp3) is 0.143. The van der Waals surface area contributed by atoms with Crippen molar-refractivity contribution in [1.29, 1.82) is 0 Å². The van der Waals surface area contributed by atoms with E-state index < -0.39 is 10.4 Å². The third kappa shape index (κ3) is 18.7. The third-order valence-corrected chi connectivity index (χ3v) is 0.940. The minimum atomic E-state index is -4.67. The average Bonchev–Trinajstić information content (AvgIpc) is 1.85. The van der Waals surface area contributed by atoms with E-state index in [9.17, 15) is 0 Å². The predicted octanol–water partition coefficient (Wildman–Crippen LogP) is 0.426. The van der Waals surface area contributed by atoms with Crippen LogP contribution in [-0.2, 0) is 10.4 Å². The van der Waals surface area contributed by atoms with Gasteiger partial charge in [-0.2, -0.15) is 8.42 Å². The monoisotopic (exact) mass is 216 g/mol. The molecule has 1 aromatic rings. The summed E-state index contributed by atoms with van der Waals surface area (Å²) in [6.45, 7) is 2.08. The van der Waals surface area contributed by atoms with Gasteiger partial charge < -0.3 is 0 Å². The number of benzene rings is 1. The van der Waals surface area contributed by atoms with Crippen LogP contribution in [0.3, 0.4) is 0 Å². The maximum Gasteiger partial charge on any atom is 0.394 e. The summed E-state index contributed by atoms with van der Waals surface area (Å²) in [7, 11) is -4.67. The molecule has 2 N–H and O–H groups in total. The van der Waals surface area contributed by atoms with Gasteiger partial charge in [0.05, 0.1) is 0 Å². The zero-order chi connectivity index (χ0) is 9.61. The summed E-state index contributed by atoms with van der Waals surface area (Å²) in [6.07, 6.45) is 0. The molecule has 0 aliphatic carbocycles. The molecule has 0 aromatic heterocycles. The summed E-state index contributed by atoms with van der Waals surface area (Å²) < 4.78 is 31.6. The lowest BCUT2D eigenvalue weighted by Crippen LogP contribution is -1.89. The lowest BCUT2D eigenvalue weighted by atomic mass is 10.2. The van der Waals surface area contributed by atoms with E-state index in [2.05, 4.69) is 19.1 Å². The highest BCUT2D eigenvalue weighted by molar-refractivity contribution is 7.79. The second kappa shape index (κ2) is 7.28. The smallest absolute Gasteiger partial charge is 0.264 e. The Bertz CT molecular complexity index is 301. The van der Waals surface area contributed by atoms with Crippen molar-refractivity contribution in [3.05, 3.63) is 35.9 Å². The fourth-order valence-electron chi connectivity index (χ4n) is 0.534. The fourth-order valence-corrected chi connectivity index (χ4v) is 0.534. The molecule has 0 fully saturated rings. The van der Waals surface area contributed by atoms with E-state index in [0.29, 0.717) is 0 Å². The van der Waals surface area contributed by atoms with Crippen LogP contribution in [0.25, 0.3) is 0 Å². The number of aryl methyl sites for hydroxylation is 1. The number of rotatable bonds is 0. The molecule has 0 aliphatic heterocycles. The molecule has 0 saturated heterocycles. The first-order chi connectivity index (χ1) is 5.39. The summed E-state index contributed by atoms with van der Waals surface area (Å²) >= 11 is 0. The minimum Gasteiger partial charge on any atom is -0.264 e. The van der Waals surface area contributed by atoms with E-state index in [0.717, 1.165) is 0 Å². The topological polar surface area (TPSA) is 74.6 Å². The van der Waals surface area contributed by atoms with E-state index >= 15 is 0 Å². The lowest BCUT2D eigenvalue weighted by Gasteiger charge is -1.82. The Labute approximate surface area is 93.7 Å². The average molecular weight is 217 g/mol. The molecule has 1 rings (SSSR count). The highest BCUT2D eigenvalue weighted by Gasteiger charge is 1.84. The van der Waals surface area contributed by atoms with Crippen molar-refractivity contribution in [2.45, 2.75) is 6.92 Å². The molecule has 72 valence electrons. The van der Waals surface area contributed by atoms with Crippen LogP contribution in [0.2, 0.25) is 0 Å². The maximum absolute atomic E-state index is 8.74. The van der Waals surface area contributed by atoms with Crippen molar-refractivity contribution in [2.24, 2.45) is 0 Å². The highest BCUT2D eigenvalue weighted by Crippen LogP contribution is 1.92. The summed E-state index contributed by atoms with van der Waals surface area (Å²) in [5.74, 6) is 0. The van der Waals surface area contributed by atoms with Crippen molar-refractivity contribution in [3.8, 4) is 0 Å². The number of hydrogen-bond acceptors (Lipinski definition) is 2. The zero-order valence-electron chi connectivity index (χ0n) is 6.51. The van der Waals surface area contributed by atoms with Gasteiger partial charge in [0, 0.05) is 0 Å². The largest absolute Gasteiger partial charge is 0.394 e. The quantitative estimate of drug-likeness (QED) is 0.487. The molecule has 0 atom stereocenters. The molecule has 1 aromatic carbocycles. The van der Waals surface area contributed by atoms with Gasteiger partial charge in [-0.15, -0.1) is 0 Å². The molecular formula is C7H12MgO4S. The predicted molar refractivity (Wildman–Crippen MR) is 53.9 cm³/mol. The Kier molecular flexibility index (Phi) is 8.58. The van der Waals surface area contributed by atoms with Gasteiger partial charge >= 0.3 is 33.5 Å². The summed E-state index contributed by atoms with van der Waals surface area (Å²) in [5, 5.41) is 0. The van der Waals surface area contributed by atoms with Crippen molar-refractivity contribution >= 4 is 33.5 Å². The van der Waals surface area contributed by atoms with E-state index in [1.54, 1.807) is 0 Å². The first kappa shape index (κ1) is 15.3. The molecular weight excluding hydrogens is 204 g/mol. The van der Waals surface area contributed by atoms with E-state index in [-0.39, 0.29) is 23.1 Å². The molecule has 0 radical (unpaired) electrons. The Morgan fingerprint density at radius 2 is 1.38 bits per heavy atom. The van der Waals surface area contributed by atoms with Crippen LogP contribution in [-0.4, -0.2) is 40.6 Å². The molecule has 0 saturated carbocycles. The minimum absolute atomic E-state index is 0. The van der Waals surface area contributed by atoms with E-state index in [4.69, 9.17) is 17.5 Å². The van der Waals surface area contributed by atoms with Crippen LogP contribution in [0.15, 0.2) is 30.3 Å². The van der Waals surface area contributed by atoms with Gasteiger partial charge in [0.25, 0.3) is 0 Å². The first-order valence-corrected chi connectivity index (χ1v) is 4.51. The zero-order valence-corrected chi connectivity index (χ0v) is 7.32. The lowest BCUT2D eigenvalue weighted by molar-refractivity contribution is 0.381. The second-order valence-corrected chi connectivity index (χ2v) is 3.00. The second-order valence-electron chi connectivity index (χ2n) is 2.10. The standard InChI is InChI=1S/C7H8.Mg.H2O4S.2H/c1-7-5-3-2-4-6-7;;1-5(2,3)4;;/h2-6H,1H3;;(H2,1,2,3,4);;. The summed E-state index contributed by atoms with van der Waals surface area (Å²) in [6, 6.07) is 10.3. The highest BCUT2D eigenvalue weighted by atomic mass is 32.3. The molecule has 0 heterocycles. The summed E-state index contributed by atoms with van der Waals surface area (Å²) in [4.78, 5) is 0. The summed E-state index contributed by atoms with van der Waals surface area (Å²) in [5.41, 5.74) is 1.32. The van der Waals surface area contributed by atoms with E-state index in [1.165, 1.54) is 5.56 Å². The molecule has 6 heteroatoms. The molecule has 0 bridgehead atoms. The maximum atomic E-state index is 8.74. The normalized spacial score (nSPS) is 9.15. The third-order valence-electron chi connectivity index (χ3n) is 0.940. The van der Waals surface area contributed by atoms with Crippen LogP contribution in [0, 0.1) is 6.92 Å². The molecule has 0 amide bonds. The molecule has 0 unspecified atom stereocenters. The van der Waals surface area contributed by atoms with Crippen LogP contribution in [0.5, 0.6) is 0 Å². The van der Waals surface area contributed by atoms with Gasteiger partial charge in [-0.1, -0.05) is 35.9 Å². The molecule has 13 heavy (non-hydrogen) atoms.